The summed E-state index contributed by atoms with van der Waals surface area (Å²) in [6.45, 7) is 3.23. The number of amides is 3. The lowest BCUT2D eigenvalue weighted by molar-refractivity contribution is 0.137. The van der Waals surface area contributed by atoms with E-state index in [1.54, 1.807) is 30.2 Å². The third kappa shape index (κ3) is 4.62. The molecule has 3 amide bonds. The van der Waals surface area contributed by atoms with Gasteiger partial charge in [0.25, 0.3) is 0 Å². The molecule has 1 aliphatic rings. The molecule has 2 rings (SSSR count). The van der Waals surface area contributed by atoms with E-state index in [1.807, 2.05) is 6.07 Å². The number of piperidine rings is 1. The Morgan fingerprint density at radius 1 is 1.48 bits per heavy atom. The zero-order valence-electron chi connectivity index (χ0n) is 12.0. The highest BCUT2D eigenvalue weighted by Gasteiger charge is 2.25. The maximum absolute atomic E-state index is 12.2. The zero-order chi connectivity index (χ0) is 15.1. The van der Waals surface area contributed by atoms with Gasteiger partial charge in [-0.3, -0.25) is 5.32 Å². The highest BCUT2D eigenvalue weighted by atomic mass is 16.5. The molecule has 0 bridgehead atoms. The lowest BCUT2D eigenvalue weighted by Crippen LogP contribution is -2.50. The number of nitrogens with zero attached hydrogens (tertiary/aromatic N) is 2. The first-order valence-corrected chi connectivity index (χ1v) is 7.09. The molecule has 1 aliphatic heterocycles. The summed E-state index contributed by atoms with van der Waals surface area (Å²) >= 11 is 0. The van der Waals surface area contributed by atoms with Gasteiger partial charge in [0.1, 0.15) is 5.82 Å². The number of carbonyl (C=O) groups is 2. The Kier molecular flexibility index (Phi) is 5.36. The Balaban J connectivity index is 1.85. The second-order valence-electron chi connectivity index (χ2n) is 4.80. The SMILES string of the molecule is CCOC(=O)N[C@@H]1CCCN(C(=O)Nc2ccccn2)C1. The van der Waals surface area contributed by atoms with Crippen molar-refractivity contribution >= 4 is 17.9 Å². The van der Waals surface area contributed by atoms with Gasteiger partial charge in [-0.25, -0.2) is 14.6 Å². The minimum absolute atomic E-state index is 0.0766. The minimum Gasteiger partial charge on any atom is -0.450 e. The highest BCUT2D eigenvalue weighted by Crippen LogP contribution is 2.12. The van der Waals surface area contributed by atoms with Crippen LogP contribution in [0.3, 0.4) is 0 Å². The summed E-state index contributed by atoms with van der Waals surface area (Å²) < 4.78 is 4.86. The molecular formula is C14H20N4O3. The summed E-state index contributed by atoms with van der Waals surface area (Å²) in [5, 5.41) is 5.51. The molecule has 0 aliphatic carbocycles. The second-order valence-corrected chi connectivity index (χ2v) is 4.80. The minimum atomic E-state index is -0.436. The molecular weight excluding hydrogens is 272 g/mol. The van der Waals surface area contributed by atoms with Crippen molar-refractivity contribution in [1.29, 1.82) is 0 Å². The molecule has 21 heavy (non-hydrogen) atoms. The van der Waals surface area contributed by atoms with Crippen LogP contribution in [0.2, 0.25) is 0 Å². The number of hydrogen-bond donors (Lipinski definition) is 2. The summed E-state index contributed by atoms with van der Waals surface area (Å²) in [6, 6.07) is 5.05. The van der Waals surface area contributed by atoms with Gasteiger partial charge >= 0.3 is 12.1 Å². The first-order valence-electron chi connectivity index (χ1n) is 7.09. The number of ether oxygens (including phenoxy) is 1. The van der Waals surface area contributed by atoms with E-state index in [-0.39, 0.29) is 12.1 Å². The molecule has 1 aromatic heterocycles. The van der Waals surface area contributed by atoms with Crippen LogP contribution in [0.25, 0.3) is 0 Å². The van der Waals surface area contributed by atoms with Crippen LogP contribution in [0.5, 0.6) is 0 Å². The molecule has 0 saturated carbocycles. The molecule has 7 heteroatoms. The molecule has 0 spiro atoms. The molecule has 114 valence electrons. The number of nitrogens with one attached hydrogen (secondary N) is 2. The summed E-state index contributed by atoms with van der Waals surface area (Å²) in [4.78, 5) is 29.3. The Morgan fingerprint density at radius 3 is 3.05 bits per heavy atom. The number of pyridine rings is 1. The molecule has 1 fully saturated rings. The van der Waals surface area contributed by atoms with E-state index in [4.69, 9.17) is 4.74 Å². The average molecular weight is 292 g/mol. The van der Waals surface area contributed by atoms with Crippen LogP contribution in [-0.4, -0.2) is 47.7 Å². The number of rotatable bonds is 3. The number of hydrogen-bond acceptors (Lipinski definition) is 4. The van der Waals surface area contributed by atoms with Crippen molar-refractivity contribution in [2.45, 2.75) is 25.8 Å². The topological polar surface area (TPSA) is 83.6 Å². The fourth-order valence-electron chi connectivity index (χ4n) is 2.24. The van der Waals surface area contributed by atoms with Gasteiger partial charge in [0.05, 0.1) is 6.61 Å². The Morgan fingerprint density at radius 2 is 2.33 bits per heavy atom. The third-order valence-electron chi connectivity index (χ3n) is 3.21. The van der Waals surface area contributed by atoms with Crippen LogP contribution in [-0.2, 0) is 4.74 Å². The lowest BCUT2D eigenvalue weighted by atomic mass is 10.1. The highest BCUT2D eigenvalue weighted by molar-refractivity contribution is 5.88. The Labute approximate surface area is 123 Å². The van der Waals surface area contributed by atoms with Crippen molar-refractivity contribution in [3.8, 4) is 0 Å². The molecule has 7 nitrogen and oxygen atoms in total. The molecule has 0 aromatic carbocycles. The number of anilines is 1. The van der Waals surface area contributed by atoms with Gasteiger partial charge in [-0.05, 0) is 31.9 Å². The summed E-state index contributed by atoms with van der Waals surface area (Å²) in [5.74, 6) is 0.517. The maximum atomic E-state index is 12.2. The van der Waals surface area contributed by atoms with E-state index in [2.05, 4.69) is 15.6 Å². The number of likely N-dealkylation sites (tertiary alicyclic amines) is 1. The first-order chi connectivity index (χ1) is 10.2. The monoisotopic (exact) mass is 292 g/mol. The van der Waals surface area contributed by atoms with Crippen molar-refractivity contribution in [2.24, 2.45) is 0 Å². The number of urea groups is 1. The number of carbonyl (C=O) groups excluding carboxylic acids is 2. The molecule has 2 heterocycles. The van der Waals surface area contributed by atoms with Crippen molar-refractivity contribution < 1.29 is 14.3 Å². The van der Waals surface area contributed by atoms with Crippen LogP contribution in [0.15, 0.2) is 24.4 Å². The fourth-order valence-corrected chi connectivity index (χ4v) is 2.24. The van der Waals surface area contributed by atoms with E-state index in [1.165, 1.54) is 0 Å². The van der Waals surface area contributed by atoms with Gasteiger partial charge in [-0.2, -0.15) is 0 Å². The smallest absolute Gasteiger partial charge is 0.407 e. The number of aromatic nitrogens is 1. The molecule has 0 unspecified atom stereocenters. The summed E-state index contributed by atoms with van der Waals surface area (Å²) in [6.07, 6.45) is 2.87. The Bertz CT molecular complexity index is 480. The predicted octanol–water partition coefficient (Wildman–Crippen LogP) is 1.82. The van der Waals surface area contributed by atoms with Gasteiger partial charge < -0.3 is 15.0 Å². The van der Waals surface area contributed by atoms with E-state index in [0.29, 0.717) is 25.5 Å². The van der Waals surface area contributed by atoms with Gasteiger partial charge in [0, 0.05) is 25.3 Å². The normalized spacial score (nSPS) is 18.0. The maximum Gasteiger partial charge on any atom is 0.407 e. The van der Waals surface area contributed by atoms with Crippen molar-refractivity contribution in [3.05, 3.63) is 24.4 Å². The van der Waals surface area contributed by atoms with Crippen LogP contribution >= 0.6 is 0 Å². The molecule has 1 aromatic rings. The van der Waals surface area contributed by atoms with E-state index < -0.39 is 6.09 Å². The van der Waals surface area contributed by atoms with Crippen LogP contribution in [0, 0.1) is 0 Å². The van der Waals surface area contributed by atoms with Crippen molar-refractivity contribution in [1.82, 2.24) is 15.2 Å². The summed E-state index contributed by atoms with van der Waals surface area (Å²) in [7, 11) is 0. The molecule has 1 saturated heterocycles. The molecule has 2 N–H and O–H groups in total. The van der Waals surface area contributed by atoms with Gasteiger partial charge in [0.15, 0.2) is 0 Å². The van der Waals surface area contributed by atoms with Crippen LogP contribution in [0.4, 0.5) is 15.4 Å². The van der Waals surface area contributed by atoms with Gasteiger partial charge in [0.2, 0.25) is 0 Å². The van der Waals surface area contributed by atoms with Gasteiger partial charge in [-0.1, -0.05) is 6.07 Å². The third-order valence-corrected chi connectivity index (χ3v) is 3.21. The predicted molar refractivity (Wildman–Crippen MR) is 78.0 cm³/mol. The van der Waals surface area contributed by atoms with Crippen LogP contribution < -0.4 is 10.6 Å². The summed E-state index contributed by atoms with van der Waals surface area (Å²) in [5.41, 5.74) is 0. The zero-order valence-corrected chi connectivity index (χ0v) is 12.0. The van der Waals surface area contributed by atoms with Crippen molar-refractivity contribution in [3.63, 3.8) is 0 Å². The Hall–Kier alpha value is -2.31. The van der Waals surface area contributed by atoms with E-state index in [0.717, 1.165) is 12.8 Å². The second kappa shape index (κ2) is 7.47. The van der Waals surface area contributed by atoms with Gasteiger partial charge in [-0.15, -0.1) is 0 Å². The lowest BCUT2D eigenvalue weighted by Gasteiger charge is -2.32. The fraction of sp³-hybridized carbons (Fsp3) is 0.500. The van der Waals surface area contributed by atoms with Crippen LogP contribution in [0.1, 0.15) is 19.8 Å². The molecule has 1 atom stereocenters. The standard InChI is InChI=1S/C14H20N4O3/c1-2-21-14(20)16-11-6-5-9-18(10-11)13(19)17-12-7-3-4-8-15-12/h3-4,7-8,11H,2,5-6,9-10H2,1H3,(H,16,20)(H,15,17,19)/t11-/m1/s1. The van der Waals surface area contributed by atoms with Crippen molar-refractivity contribution in [2.75, 3.05) is 25.0 Å². The quantitative estimate of drug-likeness (QED) is 0.890. The van der Waals surface area contributed by atoms with E-state index >= 15 is 0 Å². The average Bonchev–Trinajstić information content (AvgIpc) is 2.48. The number of alkyl carbamates (subject to hydrolysis) is 1. The van der Waals surface area contributed by atoms with E-state index in [9.17, 15) is 9.59 Å². The first kappa shape index (κ1) is 15.1. The molecule has 0 radical (unpaired) electrons. The largest absolute Gasteiger partial charge is 0.450 e.